The molecule has 0 spiro atoms. The normalized spacial score (nSPS) is 15.8. The number of thiophene rings is 1. The minimum absolute atomic E-state index is 0.237. The quantitative estimate of drug-likeness (QED) is 0.176. The van der Waals surface area contributed by atoms with Crippen LogP contribution in [0.2, 0.25) is 0 Å². The van der Waals surface area contributed by atoms with Gasteiger partial charge in [0.25, 0.3) is 0 Å². The van der Waals surface area contributed by atoms with Gasteiger partial charge in [-0.2, -0.15) is 0 Å². The second kappa shape index (κ2) is 12.6. The van der Waals surface area contributed by atoms with Gasteiger partial charge >= 0.3 is 0 Å². The Morgan fingerprint density at radius 3 is 2.14 bits per heavy atom. The smallest absolute Gasteiger partial charge is 0.138 e. The monoisotopic (exact) mass is 745 g/mol. The number of hydrogen-bond acceptors (Lipinski definition) is 3. The van der Waals surface area contributed by atoms with E-state index in [9.17, 15) is 0 Å². The molecule has 4 heteroatoms. The largest absolute Gasteiger partial charge is 0.290 e. The van der Waals surface area contributed by atoms with Crippen LogP contribution in [0, 0.1) is 0 Å². The van der Waals surface area contributed by atoms with Crippen molar-refractivity contribution in [3.05, 3.63) is 228 Å². The number of hydrogen-bond donors (Lipinski definition) is 0. The van der Waals surface area contributed by atoms with E-state index in [1.54, 1.807) is 0 Å². The molecule has 12 rings (SSSR count). The first-order valence-corrected chi connectivity index (χ1v) is 20.5. The van der Waals surface area contributed by atoms with Crippen LogP contribution < -0.4 is 0 Å². The van der Waals surface area contributed by atoms with E-state index in [1.807, 2.05) is 23.7 Å². The average molecular weight is 746 g/mol. The first kappa shape index (κ1) is 32.4. The summed E-state index contributed by atoms with van der Waals surface area (Å²) in [5.41, 5.74) is 15.8. The maximum Gasteiger partial charge on any atom is 0.138 e. The number of nitrogens with zero attached hydrogens (tertiary/aromatic N) is 3. The zero-order valence-electron chi connectivity index (χ0n) is 31.0. The molecule has 10 aromatic rings. The van der Waals surface area contributed by atoms with Crippen LogP contribution in [0.1, 0.15) is 40.2 Å². The van der Waals surface area contributed by atoms with E-state index in [1.165, 1.54) is 86.9 Å². The lowest BCUT2D eigenvalue weighted by atomic mass is 9.64. The molecule has 0 aliphatic heterocycles. The minimum atomic E-state index is -0.428. The van der Waals surface area contributed by atoms with Crippen molar-refractivity contribution in [1.29, 1.82) is 0 Å². The molecule has 0 N–H and O–H groups in total. The molecule has 2 aliphatic rings. The number of aromatic nitrogens is 3. The van der Waals surface area contributed by atoms with Crippen molar-refractivity contribution in [1.82, 2.24) is 14.4 Å². The Hall–Kier alpha value is -6.88. The minimum Gasteiger partial charge on any atom is -0.290 e. The van der Waals surface area contributed by atoms with Crippen LogP contribution in [0.4, 0.5) is 0 Å². The van der Waals surface area contributed by atoms with Gasteiger partial charge in [-0.05, 0) is 121 Å². The van der Waals surface area contributed by atoms with Crippen molar-refractivity contribution >= 4 is 53.8 Å². The van der Waals surface area contributed by atoms with Crippen molar-refractivity contribution in [3.63, 3.8) is 0 Å². The van der Waals surface area contributed by atoms with Gasteiger partial charge in [0.2, 0.25) is 0 Å². The fraction of sp³-hybridized carbons (Fsp3) is 0.0566. The number of imidazole rings is 1. The van der Waals surface area contributed by atoms with Crippen molar-refractivity contribution < 1.29 is 0 Å². The van der Waals surface area contributed by atoms with Crippen molar-refractivity contribution in [2.24, 2.45) is 0 Å². The van der Waals surface area contributed by atoms with Crippen LogP contribution in [0.3, 0.4) is 0 Å². The SMILES string of the molecule is C1=CC(c2ccc3cc(-c4ccc5nc6c7ccccc7sc6n5c4)ccc3c2)CC2=C1c1ccc(-c3ccncc3)cc1C2(c1ccccc1)c1ccccc1. The topological polar surface area (TPSA) is 30.2 Å². The summed E-state index contributed by atoms with van der Waals surface area (Å²) >= 11 is 1.81. The zero-order valence-corrected chi connectivity index (χ0v) is 31.8. The summed E-state index contributed by atoms with van der Waals surface area (Å²) in [5.74, 6) is 0.237. The Labute approximate surface area is 334 Å². The Morgan fingerprint density at radius 2 is 1.32 bits per heavy atom. The molecular formula is C53H35N3S. The molecule has 0 amide bonds. The van der Waals surface area contributed by atoms with E-state index in [0.29, 0.717) is 0 Å². The van der Waals surface area contributed by atoms with Crippen molar-refractivity contribution in [2.75, 3.05) is 0 Å². The summed E-state index contributed by atoms with van der Waals surface area (Å²) in [6, 6.07) is 60.5. The number of rotatable bonds is 5. The molecule has 0 bridgehead atoms. The Balaban J connectivity index is 0.936. The van der Waals surface area contributed by atoms with Gasteiger partial charge in [0, 0.05) is 34.6 Å². The fourth-order valence-electron chi connectivity index (χ4n) is 9.72. The number of allylic oxidation sites excluding steroid dienone is 4. The van der Waals surface area contributed by atoms with Crippen LogP contribution in [-0.4, -0.2) is 14.4 Å². The molecule has 0 saturated carbocycles. The third kappa shape index (κ3) is 4.90. The molecule has 57 heavy (non-hydrogen) atoms. The second-order valence-electron chi connectivity index (χ2n) is 15.4. The third-order valence-corrected chi connectivity index (χ3v) is 13.5. The lowest BCUT2D eigenvalue weighted by Gasteiger charge is -2.38. The van der Waals surface area contributed by atoms with Crippen LogP contribution in [0.15, 0.2) is 200 Å². The highest BCUT2D eigenvalue weighted by Crippen LogP contribution is 2.59. The molecule has 1 atom stereocenters. The Kier molecular flexibility index (Phi) is 7.14. The molecule has 3 nitrogen and oxygen atoms in total. The highest BCUT2D eigenvalue weighted by molar-refractivity contribution is 7.25. The predicted molar refractivity (Wildman–Crippen MR) is 237 cm³/mol. The summed E-state index contributed by atoms with van der Waals surface area (Å²) in [6.45, 7) is 0. The summed E-state index contributed by atoms with van der Waals surface area (Å²) in [5, 5.41) is 3.73. The molecule has 4 aromatic heterocycles. The molecule has 0 radical (unpaired) electrons. The van der Waals surface area contributed by atoms with E-state index in [2.05, 4.69) is 192 Å². The van der Waals surface area contributed by atoms with Crippen molar-refractivity contribution in [2.45, 2.75) is 17.8 Å². The summed E-state index contributed by atoms with van der Waals surface area (Å²) < 4.78 is 3.53. The first-order chi connectivity index (χ1) is 28.2. The van der Waals surface area contributed by atoms with Crippen molar-refractivity contribution in [3.8, 4) is 22.3 Å². The molecule has 268 valence electrons. The van der Waals surface area contributed by atoms with Gasteiger partial charge in [0.15, 0.2) is 0 Å². The zero-order chi connectivity index (χ0) is 37.5. The van der Waals surface area contributed by atoms with E-state index in [4.69, 9.17) is 4.98 Å². The van der Waals surface area contributed by atoms with Gasteiger partial charge in [0.05, 0.1) is 5.41 Å². The van der Waals surface area contributed by atoms with Crippen LogP contribution in [-0.2, 0) is 5.41 Å². The number of fused-ring (bicyclic) bond motifs is 8. The lowest BCUT2D eigenvalue weighted by molar-refractivity contribution is 0.666. The lowest BCUT2D eigenvalue weighted by Crippen LogP contribution is -2.31. The predicted octanol–water partition coefficient (Wildman–Crippen LogP) is 13.4. The number of pyridine rings is 2. The molecule has 1 unspecified atom stereocenters. The first-order valence-electron chi connectivity index (χ1n) is 19.6. The summed E-state index contributed by atoms with van der Waals surface area (Å²) in [4.78, 5) is 10.5. The molecule has 0 fully saturated rings. The molecule has 2 aliphatic carbocycles. The maximum absolute atomic E-state index is 5.00. The Bertz CT molecular complexity index is 3220. The molecular weight excluding hydrogens is 711 g/mol. The van der Waals surface area contributed by atoms with Gasteiger partial charge in [-0.3, -0.25) is 9.38 Å². The van der Waals surface area contributed by atoms with Gasteiger partial charge in [-0.15, -0.1) is 11.3 Å². The van der Waals surface area contributed by atoms with E-state index in [-0.39, 0.29) is 5.92 Å². The molecule has 6 aromatic carbocycles. The Morgan fingerprint density at radius 1 is 0.614 bits per heavy atom. The highest BCUT2D eigenvalue weighted by Gasteiger charge is 2.48. The van der Waals surface area contributed by atoms with Gasteiger partial charge in [-0.1, -0.05) is 133 Å². The third-order valence-electron chi connectivity index (χ3n) is 12.4. The fourth-order valence-corrected chi connectivity index (χ4v) is 10.8. The van der Waals surface area contributed by atoms with Crippen LogP contribution in [0.5, 0.6) is 0 Å². The van der Waals surface area contributed by atoms with E-state index < -0.39 is 5.41 Å². The highest BCUT2D eigenvalue weighted by atomic mass is 32.1. The van der Waals surface area contributed by atoms with Crippen LogP contribution >= 0.6 is 11.3 Å². The van der Waals surface area contributed by atoms with Crippen LogP contribution in [0.25, 0.3) is 64.7 Å². The second-order valence-corrected chi connectivity index (χ2v) is 16.4. The molecule has 0 saturated heterocycles. The number of benzene rings is 6. The average Bonchev–Trinajstić information content (AvgIpc) is 3.93. The summed E-state index contributed by atoms with van der Waals surface area (Å²) in [7, 11) is 0. The van der Waals surface area contributed by atoms with E-state index >= 15 is 0 Å². The van der Waals surface area contributed by atoms with Gasteiger partial charge < -0.3 is 0 Å². The molecule has 4 heterocycles. The summed E-state index contributed by atoms with van der Waals surface area (Å²) in [6.07, 6.45) is 11.8. The standard InChI is InChI=1S/C53H35N3S/c1-3-9-42(10-4-1)53(43-11-5-2-6-12-43)47-31-39(34-25-27-54-28-26-34)19-22-44(47)45-23-20-40(32-48(45)53)37-16-15-36-30-38(18-17-35(36)29-37)41-21-24-50-55-51-46-13-7-8-14-49(46)57-52(51)56(50)33-41/h1-31,33,40H,32H2. The maximum atomic E-state index is 5.00. The van der Waals surface area contributed by atoms with E-state index in [0.717, 1.165) is 17.6 Å². The van der Waals surface area contributed by atoms with Gasteiger partial charge in [0.1, 0.15) is 16.0 Å². The van der Waals surface area contributed by atoms with Gasteiger partial charge in [-0.25, -0.2) is 4.98 Å².